The van der Waals surface area contributed by atoms with Gasteiger partial charge in [-0.25, -0.2) is 0 Å². The van der Waals surface area contributed by atoms with Crippen molar-refractivity contribution in [3.63, 3.8) is 0 Å². The van der Waals surface area contributed by atoms with Crippen LogP contribution in [0, 0.1) is 0 Å². The van der Waals surface area contributed by atoms with E-state index in [1.807, 2.05) is 0 Å². The van der Waals surface area contributed by atoms with Crippen molar-refractivity contribution in [1.82, 2.24) is 0 Å². The highest BCUT2D eigenvalue weighted by Gasteiger charge is 2.50. The smallest absolute Gasteiger partial charge is 0.314 e. The van der Waals surface area contributed by atoms with Crippen LogP contribution in [0.5, 0.6) is 0 Å². The number of carbonyl (C=O) groups is 1. The van der Waals surface area contributed by atoms with E-state index in [-0.39, 0.29) is 0 Å². The van der Waals surface area contributed by atoms with Gasteiger partial charge in [0.25, 0.3) is 0 Å². The first-order valence-corrected chi connectivity index (χ1v) is 7.70. The third kappa shape index (κ3) is 2.55. The second-order valence-electron chi connectivity index (χ2n) is 5.62. The summed E-state index contributed by atoms with van der Waals surface area (Å²) in [7, 11) is 0. The summed E-state index contributed by atoms with van der Waals surface area (Å²) in [5, 5.41) is 10.6. The van der Waals surface area contributed by atoms with E-state index in [4.69, 9.17) is 32.7 Å². The molecule has 0 atom stereocenters. The van der Waals surface area contributed by atoms with Crippen molar-refractivity contribution in [2.24, 2.45) is 0 Å². The largest absolute Gasteiger partial charge is 0.481 e. The number of ether oxygens (including phenoxy) is 2. The molecule has 1 N–H and O–H groups in total. The van der Waals surface area contributed by atoms with Gasteiger partial charge in [-0.2, -0.15) is 0 Å². The van der Waals surface area contributed by atoms with Crippen LogP contribution < -0.4 is 0 Å². The summed E-state index contributed by atoms with van der Waals surface area (Å²) in [6, 6.07) is 5.06. The van der Waals surface area contributed by atoms with Crippen LogP contribution in [0.15, 0.2) is 18.2 Å². The Morgan fingerprint density at radius 2 is 1.67 bits per heavy atom. The molecular formula is C15H16Cl2O4. The highest BCUT2D eigenvalue weighted by molar-refractivity contribution is 6.42. The van der Waals surface area contributed by atoms with Gasteiger partial charge < -0.3 is 14.6 Å². The fraction of sp³-hybridized carbons (Fsp3) is 0.533. The Bertz CT molecular complexity index is 557. The van der Waals surface area contributed by atoms with Crippen LogP contribution in [0.25, 0.3) is 0 Å². The maximum absolute atomic E-state index is 11.9. The normalized spacial score (nSPS) is 23.3. The van der Waals surface area contributed by atoms with Crippen LogP contribution in [-0.4, -0.2) is 30.1 Å². The standard InChI is InChI=1S/C15H16Cl2O4/c16-11-2-1-10(9-12(11)17)14(13(18)19)3-5-15(6-4-14)20-7-8-21-15/h1-2,9H,3-8H2,(H,18,19). The van der Waals surface area contributed by atoms with Gasteiger partial charge in [0.05, 0.1) is 28.7 Å². The topological polar surface area (TPSA) is 55.8 Å². The first kappa shape index (κ1) is 15.1. The van der Waals surface area contributed by atoms with Gasteiger partial charge in [-0.3, -0.25) is 4.79 Å². The Morgan fingerprint density at radius 3 is 2.19 bits per heavy atom. The SMILES string of the molecule is O=C(O)C1(c2ccc(Cl)c(Cl)c2)CCC2(CC1)OCCO2. The van der Waals surface area contributed by atoms with E-state index in [0.717, 1.165) is 0 Å². The number of hydrogen-bond acceptors (Lipinski definition) is 3. The fourth-order valence-corrected chi connectivity index (χ4v) is 3.56. The highest BCUT2D eigenvalue weighted by atomic mass is 35.5. The number of halogens is 2. The number of carboxylic acids is 1. The lowest BCUT2D eigenvalue weighted by Crippen LogP contribution is -2.46. The second kappa shape index (κ2) is 5.43. The zero-order valence-electron chi connectivity index (χ0n) is 11.4. The highest BCUT2D eigenvalue weighted by Crippen LogP contribution is 2.47. The van der Waals surface area contributed by atoms with Gasteiger partial charge in [0, 0.05) is 12.8 Å². The monoisotopic (exact) mass is 330 g/mol. The minimum atomic E-state index is -0.950. The van der Waals surface area contributed by atoms with E-state index in [1.54, 1.807) is 18.2 Å². The van der Waals surface area contributed by atoms with E-state index in [2.05, 4.69) is 0 Å². The second-order valence-corrected chi connectivity index (χ2v) is 6.44. The summed E-state index contributed by atoms with van der Waals surface area (Å²) in [4.78, 5) is 11.9. The zero-order valence-corrected chi connectivity index (χ0v) is 12.9. The van der Waals surface area contributed by atoms with Gasteiger partial charge in [0.15, 0.2) is 5.79 Å². The summed E-state index contributed by atoms with van der Waals surface area (Å²) in [5.41, 5.74) is -0.258. The molecule has 1 spiro atoms. The van der Waals surface area contributed by atoms with Crippen molar-refractivity contribution >= 4 is 29.2 Å². The van der Waals surface area contributed by atoms with E-state index in [1.165, 1.54) is 0 Å². The van der Waals surface area contributed by atoms with Crippen LogP contribution in [0.4, 0.5) is 0 Å². The summed E-state index contributed by atoms with van der Waals surface area (Å²) in [5.74, 6) is -1.43. The minimum Gasteiger partial charge on any atom is -0.481 e. The lowest BCUT2D eigenvalue weighted by molar-refractivity contribution is -0.189. The van der Waals surface area contributed by atoms with Crippen molar-refractivity contribution in [3.8, 4) is 0 Å². The van der Waals surface area contributed by atoms with E-state index in [0.29, 0.717) is 54.5 Å². The summed E-state index contributed by atoms with van der Waals surface area (Å²) >= 11 is 12.0. The molecule has 1 saturated carbocycles. The summed E-state index contributed by atoms with van der Waals surface area (Å²) in [6.07, 6.45) is 2.06. The molecule has 21 heavy (non-hydrogen) atoms. The molecule has 0 amide bonds. The van der Waals surface area contributed by atoms with Gasteiger partial charge in [-0.05, 0) is 30.5 Å². The molecule has 6 heteroatoms. The predicted molar refractivity (Wildman–Crippen MR) is 78.9 cm³/mol. The fourth-order valence-electron chi connectivity index (χ4n) is 3.26. The Labute approximate surface area is 132 Å². The predicted octanol–water partition coefficient (Wildman–Crippen LogP) is 3.63. The maximum Gasteiger partial charge on any atom is 0.314 e. The first-order valence-electron chi connectivity index (χ1n) is 6.94. The minimum absolute atomic E-state index is 0.378. The van der Waals surface area contributed by atoms with Crippen molar-refractivity contribution in [2.45, 2.75) is 36.9 Å². The molecule has 3 rings (SSSR count). The number of aliphatic carboxylic acids is 1. The lowest BCUT2D eigenvalue weighted by Gasteiger charge is -2.41. The van der Waals surface area contributed by atoms with Gasteiger partial charge in [-0.15, -0.1) is 0 Å². The number of carboxylic acid groups (broad SMARTS) is 1. The maximum atomic E-state index is 11.9. The zero-order chi connectivity index (χ0) is 15.1. The average molecular weight is 331 g/mol. The Balaban J connectivity index is 1.91. The molecule has 1 heterocycles. The molecule has 0 bridgehead atoms. The molecule has 1 aromatic carbocycles. The summed E-state index contributed by atoms with van der Waals surface area (Å²) < 4.78 is 11.3. The molecule has 1 aromatic rings. The molecule has 0 aromatic heterocycles. The molecule has 0 unspecified atom stereocenters. The van der Waals surface area contributed by atoms with Crippen LogP contribution in [0.2, 0.25) is 10.0 Å². The third-order valence-electron chi connectivity index (χ3n) is 4.56. The molecule has 2 aliphatic rings. The molecule has 4 nitrogen and oxygen atoms in total. The van der Waals surface area contributed by atoms with Crippen molar-refractivity contribution < 1.29 is 19.4 Å². The van der Waals surface area contributed by atoms with Gasteiger partial charge in [-0.1, -0.05) is 29.3 Å². The number of hydrogen-bond donors (Lipinski definition) is 1. The first-order chi connectivity index (χ1) is 9.97. The molecule has 0 radical (unpaired) electrons. The van der Waals surface area contributed by atoms with Crippen molar-refractivity contribution in [2.75, 3.05) is 13.2 Å². The molecule has 1 aliphatic carbocycles. The molecule has 114 valence electrons. The molecule has 1 aliphatic heterocycles. The molecule has 2 fully saturated rings. The van der Waals surface area contributed by atoms with E-state index < -0.39 is 17.2 Å². The Morgan fingerprint density at radius 1 is 1.05 bits per heavy atom. The van der Waals surface area contributed by atoms with Gasteiger partial charge in [0.1, 0.15) is 0 Å². The van der Waals surface area contributed by atoms with Crippen molar-refractivity contribution in [3.05, 3.63) is 33.8 Å². The molecular weight excluding hydrogens is 315 g/mol. The Hall–Kier alpha value is -0.810. The van der Waals surface area contributed by atoms with E-state index >= 15 is 0 Å². The van der Waals surface area contributed by atoms with Crippen LogP contribution >= 0.6 is 23.2 Å². The van der Waals surface area contributed by atoms with Crippen molar-refractivity contribution in [1.29, 1.82) is 0 Å². The van der Waals surface area contributed by atoms with Gasteiger partial charge >= 0.3 is 5.97 Å². The quantitative estimate of drug-likeness (QED) is 0.899. The number of benzene rings is 1. The van der Waals surface area contributed by atoms with Gasteiger partial charge in [0.2, 0.25) is 0 Å². The van der Waals surface area contributed by atoms with Crippen LogP contribution in [-0.2, 0) is 19.7 Å². The number of rotatable bonds is 2. The average Bonchev–Trinajstić information content (AvgIpc) is 2.91. The Kier molecular flexibility index (Phi) is 3.91. The van der Waals surface area contributed by atoms with Crippen LogP contribution in [0.1, 0.15) is 31.2 Å². The van der Waals surface area contributed by atoms with E-state index in [9.17, 15) is 9.90 Å². The third-order valence-corrected chi connectivity index (χ3v) is 5.30. The summed E-state index contributed by atoms with van der Waals surface area (Å²) in [6.45, 7) is 1.15. The molecule has 1 saturated heterocycles. The van der Waals surface area contributed by atoms with Crippen LogP contribution in [0.3, 0.4) is 0 Å². The lowest BCUT2D eigenvalue weighted by atomic mass is 9.68.